The van der Waals surface area contributed by atoms with Gasteiger partial charge >= 0.3 is 0 Å². The van der Waals surface area contributed by atoms with Gasteiger partial charge in [0.25, 0.3) is 5.91 Å². The van der Waals surface area contributed by atoms with E-state index in [4.69, 9.17) is 4.74 Å². The zero-order valence-electron chi connectivity index (χ0n) is 13.6. The molecule has 1 fully saturated rings. The monoisotopic (exact) mass is 289 g/mol. The molecule has 1 aliphatic carbocycles. The van der Waals surface area contributed by atoms with Gasteiger partial charge in [-0.15, -0.1) is 0 Å². The Kier molecular flexibility index (Phi) is 5.27. The SMILES string of the molecule is Cc1ccc(C(C)C)c(O[C@@H](C)C(=O)NC2CCCC2)c1. The van der Waals surface area contributed by atoms with Crippen LogP contribution in [0.4, 0.5) is 0 Å². The van der Waals surface area contributed by atoms with Crippen molar-refractivity contribution in [3.63, 3.8) is 0 Å². The number of hydrogen-bond acceptors (Lipinski definition) is 2. The van der Waals surface area contributed by atoms with Gasteiger partial charge < -0.3 is 10.1 Å². The van der Waals surface area contributed by atoms with E-state index in [1.165, 1.54) is 12.8 Å². The van der Waals surface area contributed by atoms with Crippen molar-refractivity contribution in [1.82, 2.24) is 5.32 Å². The molecule has 1 saturated carbocycles. The molecule has 21 heavy (non-hydrogen) atoms. The van der Waals surface area contributed by atoms with Crippen LogP contribution in [0.15, 0.2) is 18.2 Å². The van der Waals surface area contributed by atoms with Crippen LogP contribution >= 0.6 is 0 Å². The third-order valence-corrected chi connectivity index (χ3v) is 4.17. The molecule has 0 saturated heterocycles. The number of carbonyl (C=O) groups excluding carboxylic acids is 1. The number of rotatable bonds is 5. The van der Waals surface area contributed by atoms with Crippen LogP contribution in [0.3, 0.4) is 0 Å². The average Bonchev–Trinajstić information content (AvgIpc) is 2.91. The minimum Gasteiger partial charge on any atom is -0.481 e. The molecule has 1 aromatic rings. The maximum atomic E-state index is 12.2. The number of benzene rings is 1. The van der Waals surface area contributed by atoms with Crippen LogP contribution in [0.2, 0.25) is 0 Å². The molecule has 0 heterocycles. The first-order valence-electron chi connectivity index (χ1n) is 8.05. The fourth-order valence-corrected chi connectivity index (χ4v) is 2.85. The number of amides is 1. The van der Waals surface area contributed by atoms with E-state index in [1.54, 1.807) is 0 Å². The van der Waals surface area contributed by atoms with Gasteiger partial charge in [0.2, 0.25) is 0 Å². The van der Waals surface area contributed by atoms with Gasteiger partial charge in [0.15, 0.2) is 6.10 Å². The standard InChI is InChI=1S/C18H27NO2/c1-12(2)16-10-9-13(3)11-17(16)21-14(4)18(20)19-15-7-5-6-8-15/h9-12,14-15H,5-8H2,1-4H3,(H,19,20)/t14-/m0/s1. The summed E-state index contributed by atoms with van der Waals surface area (Å²) < 4.78 is 5.95. The minimum atomic E-state index is -0.454. The Bertz CT molecular complexity index is 490. The first kappa shape index (κ1) is 15.9. The molecular formula is C18H27NO2. The Morgan fingerprint density at radius 3 is 2.52 bits per heavy atom. The lowest BCUT2D eigenvalue weighted by atomic mass is 10.0. The van der Waals surface area contributed by atoms with Crippen molar-refractivity contribution in [2.45, 2.75) is 71.4 Å². The number of nitrogens with one attached hydrogen (secondary N) is 1. The van der Waals surface area contributed by atoms with Crippen molar-refractivity contribution < 1.29 is 9.53 Å². The van der Waals surface area contributed by atoms with Gasteiger partial charge in [-0.25, -0.2) is 0 Å². The number of ether oxygens (including phenoxy) is 1. The highest BCUT2D eigenvalue weighted by molar-refractivity contribution is 5.81. The first-order valence-corrected chi connectivity index (χ1v) is 8.05. The van der Waals surface area contributed by atoms with E-state index < -0.39 is 6.10 Å². The third kappa shape index (κ3) is 4.23. The summed E-state index contributed by atoms with van der Waals surface area (Å²) in [4.78, 5) is 12.2. The zero-order valence-corrected chi connectivity index (χ0v) is 13.6. The normalized spacial score (nSPS) is 17.0. The molecule has 0 spiro atoms. The van der Waals surface area contributed by atoms with Crippen molar-refractivity contribution >= 4 is 5.91 Å². The predicted molar refractivity (Wildman–Crippen MR) is 85.8 cm³/mol. The Balaban J connectivity index is 2.02. The van der Waals surface area contributed by atoms with Crippen LogP contribution < -0.4 is 10.1 Å². The van der Waals surface area contributed by atoms with Gasteiger partial charge in [0, 0.05) is 6.04 Å². The molecule has 116 valence electrons. The highest BCUT2D eigenvalue weighted by Gasteiger charge is 2.22. The Morgan fingerprint density at radius 1 is 1.24 bits per heavy atom. The summed E-state index contributed by atoms with van der Waals surface area (Å²) >= 11 is 0. The smallest absolute Gasteiger partial charge is 0.260 e. The van der Waals surface area contributed by atoms with Gasteiger partial charge in [-0.2, -0.15) is 0 Å². The second-order valence-corrected chi connectivity index (χ2v) is 6.45. The highest BCUT2D eigenvalue weighted by Crippen LogP contribution is 2.28. The van der Waals surface area contributed by atoms with Crippen LogP contribution in [0.25, 0.3) is 0 Å². The molecular weight excluding hydrogens is 262 g/mol. The van der Waals surface area contributed by atoms with Gasteiger partial charge in [-0.3, -0.25) is 4.79 Å². The lowest BCUT2D eigenvalue weighted by molar-refractivity contribution is -0.128. The molecule has 0 aromatic heterocycles. The van der Waals surface area contributed by atoms with E-state index in [9.17, 15) is 4.79 Å². The van der Waals surface area contributed by atoms with Gasteiger partial charge in [-0.05, 0) is 49.8 Å². The quantitative estimate of drug-likeness (QED) is 0.891. The summed E-state index contributed by atoms with van der Waals surface area (Å²) in [6, 6.07) is 6.54. The lowest BCUT2D eigenvalue weighted by Gasteiger charge is -2.21. The van der Waals surface area contributed by atoms with Crippen LogP contribution in [-0.2, 0) is 4.79 Å². The molecule has 1 N–H and O–H groups in total. The summed E-state index contributed by atoms with van der Waals surface area (Å²) in [6.07, 6.45) is 4.18. The summed E-state index contributed by atoms with van der Waals surface area (Å²) in [5, 5.41) is 3.10. The molecule has 2 rings (SSSR count). The molecule has 0 bridgehead atoms. The lowest BCUT2D eigenvalue weighted by Crippen LogP contribution is -2.41. The van der Waals surface area contributed by atoms with E-state index in [2.05, 4.69) is 31.3 Å². The van der Waals surface area contributed by atoms with Gasteiger partial charge in [0.05, 0.1) is 0 Å². The molecule has 0 unspecified atom stereocenters. The second-order valence-electron chi connectivity index (χ2n) is 6.45. The van der Waals surface area contributed by atoms with Crippen molar-refractivity contribution in [2.75, 3.05) is 0 Å². The zero-order chi connectivity index (χ0) is 15.4. The summed E-state index contributed by atoms with van der Waals surface area (Å²) in [7, 11) is 0. The van der Waals surface area contributed by atoms with E-state index in [0.717, 1.165) is 29.7 Å². The Hall–Kier alpha value is -1.51. The molecule has 3 nitrogen and oxygen atoms in total. The van der Waals surface area contributed by atoms with Crippen molar-refractivity contribution in [3.8, 4) is 5.75 Å². The number of aryl methyl sites for hydroxylation is 1. The maximum absolute atomic E-state index is 12.2. The van der Waals surface area contributed by atoms with Crippen LogP contribution in [-0.4, -0.2) is 18.1 Å². The topological polar surface area (TPSA) is 38.3 Å². The number of hydrogen-bond donors (Lipinski definition) is 1. The molecule has 1 atom stereocenters. The van der Waals surface area contributed by atoms with E-state index in [-0.39, 0.29) is 5.91 Å². The fourth-order valence-electron chi connectivity index (χ4n) is 2.85. The Labute approximate surface area is 128 Å². The van der Waals surface area contributed by atoms with Gasteiger partial charge in [0.1, 0.15) is 5.75 Å². The van der Waals surface area contributed by atoms with Crippen molar-refractivity contribution in [1.29, 1.82) is 0 Å². The second kappa shape index (κ2) is 6.97. The van der Waals surface area contributed by atoms with Crippen LogP contribution in [0, 0.1) is 6.92 Å². The molecule has 1 amide bonds. The minimum absolute atomic E-state index is 0.00175. The maximum Gasteiger partial charge on any atom is 0.260 e. The van der Waals surface area contributed by atoms with Crippen molar-refractivity contribution in [2.24, 2.45) is 0 Å². The average molecular weight is 289 g/mol. The van der Waals surface area contributed by atoms with E-state index in [0.29, 0.717) is 12.0 Å². The highest BCUT2D eigenvalue weighted by atomic mass is 16.5. The van der Waals surface area contributed by atoms with E-state index >= 15 is 0 Å². The van der Waals surface area contributed by atoms with Crippen LogP contribution in [0.5, 0.6) is 5.75 Å². The van der Waals surface area contributed by atoms with Crippen LogP contribution in [0.1, 0.15) is 63.5 Å². The molecule has 3 heteroatoms. The summed E-state index contributed by atoms with van der Waals surface area (Å²) in [5.41, 5.74) is 2.30. The largest absolute Gasteiger partial charge is 0.481 e. The number of carbonyl (C=O) groups is 1. The van der Waals surface area contributed by atoms with Gasteiger partial charge in [-0.1, -0.05) is 38.8 Å². The molecule has 0 aliphatic heterocycles. The fraction of sp³-hybridized carbons (Fsp3) is 0.611. The van der Waals surface area contributed by atoms with E-state index in [1.807, 2.05) is 19.9 Å². The first-order chi connectivity index (χ1) is 9.97. The third-order valence-electron chi connectivity index (χ3n) is 4.17. The van der Waals surface area contributed by atoms with Crippen molar-refractivity contribution in [3.05, 3.63) is 29.3 Å². The Morgan fingerprint density at radius 2 is 1.90 bits per heavy atom. The molecule has 0 radical (unpaired) electrons. The molecule has 1 aromatic carbocycles. The predicted octanol–water partition coefficient (Wildman–Crippen LogP) is 3.94. The molecule has 1 aliphatic rings. The summed E-state index contributed by atoms with van der Waals surface area (Å²) in [5.74, 6) is 1.21. The summed E-state index contributed by atoms with van der Waals surface area (Å²) in [6.45, 7) is 8.15.